The lowest BCUT2D eigenvalue weighted by atomic mass is 9.66. The molecule has 1 spiro atoms. The molecule has 0 fully saturated rings. The Morgan fingerprint density at radius 3 is 1.66 bits per heavy atom. The molecule has 3 heterocycles. The van der Waals surface area contributed by atoms with Crippen molar-refractivity contribution >= 4 is 0 Å². The molecule has 5 nitrogen and oxygen atoms in total. The highest BCUT2D eigenvalue weighted by Gasteiger charge is 2.51. The predicted molar refractivity (Wildman–Crippen MR) is 197 cm³/mol. The van der Waals surface area contributed by atoms with E-state index < -0.39 is 5.41 Å². The van der Waals surface area contributed by atoms with Gasteiger partial charge < -0.3 is 4.74 Å². The first kappa shape index (κ1) is 28.3. The number of para-hydroxylation sites is 2. The lowest BCUT2D eigenvalue weighted by molar-refractivity contribution is 0.436. The van der Waals surface area contributed by atoms with E-state index in [0.29, 0.717) is 17.5 Å². The number of pyridine rings is 1. The van der Waals surface area contributed by atoms with Gasteiger partial charge in [0.15, 0.2) is 17.5 Å². The van der Waals surface area contributed by atoms with Crippen molar-refractivity contribution in [3.05, 3.63) is 192 Å². The van der Waals surface area contributed by atoms with Gasteiger partial charge in [-0.15, -0.1) is 0 Å². The van der Waals surface area contributed by atoms with Gasteiger partial charge in [-0.3, -0.25) is 4.98 Å². The smallest absolute Gasteiger partial charge is 0.164 e. The summed E-state index contributed by atoms with van der Waals surface area (Å²) < 4.78 is 6.54. The van der Waals surface area contributed by atoms with Crippen molar-refractivity contribution in [2.45, 2.75) is 5.41 Å². The van der Waals surface area contributed by atoms with E-state index in [-0.39, 0.29) is 0 Å². The fourth-order valence-corrected chi connectivity index (χ4v) is 7.72. The van der Waals surface area contributed by atoms with Gasteiger partial charge in [-0.2, -0.15) is 0 Å². The van der Waals surface area contributed by atoms with E-state index in [0.717, 1.165) is 50.4 Å². The number of ether oxygens (including phenoxy) is 1. The number of hydrogen-bond donors (Lipinski definition) is 0. The molecular formula is C45H28N4O. The van der Waals surface area contributed by atoms with Crippen LogP contribution in [0, 0.1) is 0 Å². The Labute approximate surface area is 289 Å². The van der Waals surface area contributed by atoms with E-state index >= 15 is 0 Å². The van der Waals surface area contributed by atoms with Crippen LogP contribution in [-0.4, -0.2) is 19.9 Å². The topological polar surface area (TPSA) is 60.8 Å². The van der Waals surface area contributed by atoms with Gasteiger partial charge in [0.05, 0.1) is 5.41 Å². The van der Waals surface area contributed by atoms with Crippen LogP contribution in [0.2, 0.25) is 0 Å². The van der Waals surface area contributed by atoms with Crippen LogP contribution in [0.25, 0.3) is 56.4 Å². The molecule has 1 aliphatic carbocycles. The molecule has 5 heteroatoms. The zero-order chi connectivity index (χ0) is 33.1. The molecule has 234 valence electrons. The third-order valence-electron chi connectivity index (χ3n) is 9.89. The largest absolute Gasteiger partial charge is 0.457 e. The first-order valence-electron chi connectivity index (χ1n) is 16.7. The molecule has 0 amide bonds. The van der Waals surface area contributed by atoms with Crippen LogP contribution in [0.15, 0.2) is 170 Å². The Morgan fingerprint density at radius 1 is 0.380 bits per heavy atom. The van der Waals surface area contributed by atoms with Crippen LogP contribution < -0.4 is 4.74 Å². The molecule has 0 N–H and O–H groups in total. The molecule has 0 saturated heterocycles. The highest BCUT2D eigenvalue weighted by molar-refractivity contribution is 5.90. The van der Waals surface area contributed by atoms with Crippen molar-refractivity contribution in [3.63, 3.8) is 0 Å². The quantitative estimate of drug-likeness (QED) is 0.192. The van der Waals surface area contributed by atoms with Crippen molar-refractivity contribution in [2.24, 2.45) is 0 Å². The second-order valence-corrected chi connectivity index (χ2v) is 12.6. The minimum atomic E-state index is -0.580. The molecule has 2 aromatic heterocycles. The van der Waals surface area contributed by atoms with E-state index in [9.17, 15) is 0 Å². The molecule has 2 aliphatic rings. The first-order valence-corrected chi connectivity index (χ1v) is 16.7. The van der Waals surface area contributed by atoms with Crippen molar-refractivity contribution < 1.29 is 4.74 Å². The third kappa shape index (κ3) is 4.27. The summed E-state index contributed by atoms with van der Waals surface area (Å²) in [7, 11) is 0. The monoisotopic (exact) mass is 640 g/mol. The van der Waals surface area contributed by atoms with Crippen molar-refractivity contribution in [3.8, 4) is 67.9 Å². The van der Waals surface area contributed by atoms with Gasteiger partial charge in [0.25, 0.3) is 0 Å². The minimum absolute atomic E-state index is 0.580. The fourth-order valence-electron chi connectivity index (χ4n) is 7.72. The molecule has 0 atom stereocenters. The molecule has 0 bridgehead atoms. The van der Waals surface area contributed by atoms with Crippen LogP contribution >= 0.6 is 0 Å². The number of hydrogen-bond acceptors (Lipinski definition) is 5. The summed E-state index contributed by atoms with van der Waals surface area (Å²) in [5.41, 5.74) is 11.3. The second kappa shape index (κ2) is 11.2. The highest BCUT2D eigenvalue weighted by Crippen LogP contribution is 2.62. The zero-order valence-corrected chi connectivity index (χ0v) is 26.9. The Hall–Kier alpha value is -6.72. The summed E-state index contributed by atoms with van der Waals surface area (Å²) in [5, 5.41) is 0. The minimum Gasteiger partial charge on any atom is -0.457 e. The van der Waals surface area contributed by atoms with E-state index in [1.807, 2.05) is 60.8 Å². The zero-order valence-electron chi connectivity index (χ0n) is 26.9. The summed E-state index contributed by atoms with van der Waals surface area (Å²) in [4.78, 5) is 19.6. The summed E-state index contributed by atoms with van der Waals surface area (Å²) >= 11 is 0. The molecule has 1 aliphatic heterocycles. The van der Waals surface area contributed by atoms with Gasteiger partial charge in [0.1, 0.15) is 11.5 Å². The summed E-state index contributed by atoms with van der Waals surface area (Å²) in [5.74, 6) is 3.57. The van der Waals surface area contributed by atoms with E-state index in [2.05, 4.69) is 108 Å². The Balaban J connectivity index is 1.21. The van der Waals surface area contributed by atoms with Crippen molar-refractivity contribution in [1.29, 1.82) is 0 Å². The van der Waals surface area contributed by atoms with Crippen LogP contribution in [-0.2, 0) is 5.41 Å². The molecule has 6 aromatic carbocycles. The number of aromatic nitrogens is 4. The summed E-state index contributed by atoms with van der Waals surface area (Å²) in [6.45, 7) is 0. The van der Waals surface area contributed by atoms with E-state index in [1.165, 1.54) is 22.3 Å². The molecule has 8 aromatic rings. The average Bonchev–Trinajstić information content (AvgIpc) is 3.48. The molecule has 50 heavy (non-hydrogen) atoms. The highest BCUT2D eigenvalue weighted by atomic mass is 16.5. The molecular weight excluding hydrogens is 613 g/mol. The average molecular weight is 641 g/mol. The van der Waals surface area contributed by atoms with Gasteiger partial charge in [0.2, 0.25) is 0 Å². The molecule has 0 unspecified atom stereocenters. The van der Waals surface area contributed by atoms with Crippen molar-refractivity contribution in [2.75, 3.05) is 0 Å². The lowest BCUT2D eigenvalue weighted by Gasteiger charge is -2.39. The summed E-state index contributed by atoms with van der Waals surface area (Å²) in [6, 6.07) is 54.7. The van der Waals surface area contributed by atoms with Crippen LogP contribution in [0.5, 0.6) is 11.5 Å². The summed E-state index contributed by atoms with van der Waals surface area (Å²) in [6.07, 6.45) is 3.66. The van der Waals surface area contributed by atoms with Crippen LogP contribution in [0.1, 0.15) is 22.3 Å². The first-order chi connectivity index (χ1) is 24.8. The van der Waals surface area contributed by atoms with Gasteiger partial charge in [-0.25, -0.2) is 15.0 Å². The number of nitrogens with zero attached hydrogens (tertiary/aromatic N) is 4. The second-order valence-electron chi connectivity index (χ2n) is 12.6. The third-order valence-corrected chi connectivity index (χ3v) is 9.89. The van der Waals surface area contributed by atoms with Crippen molar-refractivity contribution in [1.82, 2.24) is 19.9 Å². The van der Waals surface area contributed by atoms with E-state index in [4.69, 9.17) is 19.7 Å². The number of benzene rings is 6. The SMILES string of the molecule is c1ccc(-c2nc(-c3cccc(-c4cccnc4)c3)nc(-c3ccc4c(c3)C3(c5ccccc5Oc5ccccc53)c3ccccc3-4)n2)cc1. The molecule has 0 radical (unpaired) electrons. The number of fused-ring (bicyclic) bond motifs is 9. The normalized spacial score (nSPS) is 13.1. The maximum Gasteiger partial charge on any atom is 0.164 e. The lowest BCUT2D eigenvalue weighted by Crippen LogP contribution is -2.32. The molecule has 10 rings (SSSR count). The van der Waals surface area contributed by atoms with Gasteiger partial charge in [-0.1, -0.05) is 127 Å². The molecule has 0 saturated carbocycles. The Kier molecular flexibility index (Phi) is 6.33. The van der Waals surface area contributed by atoms with Crippen LogP contribution in [0.3, 0.4) is 0 Å². The maximum atomic E-state index is 6.54. The maximum absolute atomic E-state index is 6.54. The van der Waals surface area contributed by atoms with Crippen LogP contribution in [0.4, 0.5) is 0 Å². The fraction of sp³-hybridized carbons (Fsp3) is 0.0222. The van der Waals surface area contributed by atoms with Gasteiger partial charge in [0, 0.05) is 45.8 Å². The predicted octanol–water partition coefficient (Wildman–Crippen LogP) is 10.4. The standard InChI is InChI=1S/C45H28N4O/c1-2-12-29(13-3-1)42-47-43(31-15-10-14-30(26-31)33-16-11-25-46-28-33)49-44(48-42)32-23-24-35-34-17-4-5-18-36(34)45(39(35)27-32)37-19-6-8-21-40(37)50-41-22-9-7-20-38(41)45/h1-28H. The van der Waals surface area contributed by atoms with Gasteiger partial charge in [-0.05, 0) is 58.1 Å². The van der Waals surface area contributed by atoms with E-state index in [1.54, 1.807) is 6.20 Å². The Bertz CT molecular complexity index is 2540. The number of rotatable bonds is 4. The Morgan fingerprint density at radius 2 is 0.940 bits per heavy atom. The van der Waals surface area contributed by atoms with Gasteiger partial charge >= 0.3 is 0 Å².